The summed E-state index contributed by atoms with van der Waals surface area (Å²) in [5.74, 6) is -0.865. The zero-order valence-corrected chi connectivity index (χ0v) is 22.0. The van der Waals surface area contributed by atoms with Gasteiger partial charge in [-0.15, -0.1) is 0 Å². The predicted molar refractivity (Wildman–Crippen MR) is 145 cm³/mol. The minimum absolute atomic E-state index is 0.0524. The summed E-state index contributed by atoms with van der Waals surface area (Å²) in [6, 6.07) is 15.0. The van der Waals surface area contributed by atoms with Crippen LogP contribution in [0.4, 0.5) is 26.3 Å². The van der Waals surface area contributed by atoms with Crippen molar-refractivity contribution in [2.75, 3.05) is 6.61 Å². The van der Waals surface area contributed by atoms with Crippen molar-refractivity contribution in [1.29, 1.82) is 0 Å². The van der Waals surface area contributed by atoms with Crippen molar-refractivity contribution in [3.63, 3.8) is 0 Å². The summed E-state index contributed by atoms with van der Waals surface area (Å²) in [5, 5.41) is 1.17. The Morgan fingerprint density at radius 1 is 0.825 bits per heavy atom. The van der Waals surface area contributed by atoms with Crippen LogP contribution in [0.2, 0.25) is 0 Å². The van der Waals surface area contributed by atoms with Crippen molar-refractivity contribution < 1.29 is 31.1 Å². The molecule has 0 aliphatic carbocycles. The highest BCUT2D eigenvalue weighted by Crippen LogP contribution is 2.36. The maximum absolute atomic E-state index is 15.0. The Balaban J connectivity index is 1.40. The van der Waals surface area contributed by atoms with Gasteiger partial charge in [-0.25, -0.2) is 13.2 Å². The molecular weight excluding hydrogens is 526 g/mol. The van der Waals surface area contributed by atoms with Gasteiger partial charge in [0.2, 0.25) is 0 Å². The van der Waals surface area contributed by atoms with E-state index in [1.165, 1.54) is 37.7 Å². The Labute approximate surface area is 229 Å². The van der Waals surface area contributed by atoms with Crippen LogP contribution in [0.3, 0.4) is 0 Å². The van der Waals surface area contributed by atoms with E-state index in [4.69, 9.17) is 4.74 Å². The van der Waals surface area contributed by atoms with E-state index in [0.717, 1.165) is 53.8 Å². The SMILES string of the molecule is CCCCCC1CCC(c2ccc3cc(-c4cc(F)c5c(F)c(C#CC(F)(F)F)c(F)cc5c4)ccc3c2)OC1. The number of halogens is 6. The average Bonchev–Trinajstić information content (AvgIpc) is 2.92. The van der Waals surface area contributed by atoms with Gasteiger partial charge in [-0.1, -0.05) is 56.4 Å². The lowest BCUT2D eigenvalue weighted by Crippen LogP contribution is -2.20. The van der Waals surface area contributed by atoms with E-state index < -0.39 is 34.6 Å². The summed E-state index contributed by atoms with van der Waals surface area (Å²) in [6.07, 6.45) is 2.17. The molecule has 7 heteroatoms. The molecule has 5 rings (SSSR count). The van der Waals surface area contributed by atoms with E-state index in [-0.39, 0.29) is 11.5 Å². The van der Waals surface area contributed by atoms with Crippen LogP contribution in [-0.2, 0) is 4.74 Å². The first kappa shape index (κ1) is 28.0. The monoisotopic (exact) mass is 554 g/mol. The molecule has 0 aromatic heterocycles. The van der Waals surface area contributed by atoms with Crippen LogP contribution < -0.4 is 0 Å². The molecule has 0 spiro atoms. The maximum Gasteiger partial charge on any atom is 0.458 e. The van der Waals surface area contributed by atoms with E-state index in [0.29, 0.717) is 17.0 Å². The number of benzene rings is 4. The lowest BCUT2D eigenvalue weighted by Gasteiger charge is -2.29. The number of unbranched alkanes of at least 4 members (excludes halogenated alkanes) is 2. The minimum Gasteiger partial charge on any atom is -0.373 e. The third kappa shape index (κ3) is 6.13. The molecule has 1 heterocycles. The van der Waals surface area contributed by atoms with E-state index in [9.17, 15) is 22.0 Å². The molecule has 2 atom stereocenters. The van der Waals surface area contributed by atoms with Crippen molar-refractivity contribution in [2.24, 2.45) is 5.92 Å². The fraction of sp³-hybridized carbons (Fsp3) is 0.333. The summed E-state index contributed by atoms with van der Waals surface area (Å²) in [6.45, 7) is 2.98. The third-order valence-electron chi connectivity index (χ3n) is 7.57. The topological polar surface area (TPSA) is 9.23 Å². The standard InChI is InChI=1S/C33H28F6O/c1-2-3-4-5-20-6-11-30(40-19-20)24-10-9-21-14-23(8-7-22(21)15-24)25-16-26-18-28(34)27(12-13-33(37,38)39)32(36)31(26)29(35)17-25/h7-10,14-18,20,30H,2-6,11,19H2,1H3. The van der Waals surface area contributed by atoms with Crippen molar-refractivity contribution in [3.05, 3.63) is 83.2 Å². The van der Waals surface area contributed by atoms with Crippen LogP contribution >= 0.6 is 0 Å². The van der Waals surface area contributed by atoms with Gasteiger partial charge in [-0.05, 0) is 88.4 Å². The lowest BCUT2D eigenvalue weighted by atomic mass is 9.90. The molecule has 208 valence electrons. The van der Waals surface area contributed by atoms with Crippen LogP contribution in [0.25, 0.3) is 32.7 Å². The van der Waals surface area contributed by atoms with Gasteiger partial charge in [-0.3, -0.25) is 0 Å². The number of rotatable bonds is 6. The van der Waals surface area contributed by atoms with Gasteiger partial charge in [0.25, 0.3) is 0 Å². The van der Waals surface area contributed by atoms with Crippen LogP contribution in [0.15, 0.2) is 54.6 Å². The summed E-state index contributed by atoms with van der Waals surface area (Å²) < 4.78 is 87.8. The first-order valence-corrected chi connectivity index (χ1v) is 13.5. The number of hydrogen-bond donors (Lipinski definition) is 0. The molecule has 0 amide bonds. The fourth-order valence-corrected chi connectivity index (χ4v) is 5.45. The number of fused-ring (bicyclic) bond motifs is 2. The molecule has 1 aliphatic rings. The molecule has 40 heavy (non-hydrogen) atoms. The van der Waals surface area contributed by atoms with Crippen LogP contribution in [-0.4, -0.2) is 12.8 Å². The molecule has 1 nitrogen and oxygen atoms in total. The zero-order valence-electron chi connectivity index (χ0n) is 22.0. The molecule has 0 N–H and O–H groups in total. The highest BCUT2D eigenvalue weighted by atomic mass is 19.4. The Morgan fingerprint density at radius 2 is 1.57 bits per heavy atom. The van der Waals surface area contributed by atoms with Gasteiger partial charge in [-0.2, -0.15) is 13.2 Å². The lowest BCUT2D eigenvalue weighted by molar-refractivity contribution is -0.0696. The summed E-state index contributed by atoms with van der Waals surface area (Å²) in [5.41, 5.74) is 1.01. The highest BCUT2D eigenvalue weighted by molar-refractivity contribution is 5.92. The van der Waals surface area contributed by atoms with Crippen LogP contribution in [0.1, 0.15) is 62.7 Å². The van der Waals surface area contributed by atoms with Gasteiger partial charge in [0.05, 0.1) is 23.7 Å². The Bertz CT molecular complexity index is 1600. The quantitative estimate of drug-likeness (QED) is 0.131. The summed E-state index contributed by atoms with van der Waals surface area (Å²) in [4.78, 5) is 0. The van der Waals surface area contributed by atoms with E-state index >= 15 is 4.39 Å². The average molecular weight is 555 g/mol. The molecule has 1 fully saturated rings. The molecular formula is C33H28F6O. The van der Waals surface area contributed by atoms with Crippen LogP contribution in [0.5, 0.6) is 0 Å². The molecule has 4 aromatic carbocycles. The minimum atomic E-state index is -4.94. The van der Waals surface area contributed by atoms with Gasteiger partial charge in [0.15, 0.2) is 5.82 Å². The number of alkyl halides is 3. The molecule has 1 aliphatic heterocycles. The zero-order chi connectivity index (χ0) is 28.4. The summed E-state index contributed by atoms with van der Waals surface area (Å²) in [7, 11) is 0. The van der Waals surface area contributed by atoms with Crippen molar-refractivity contribution >= 4 is 21.5 Å². The van der Waals surface area contributed by atoms with Gasteiger partial charge in [0.1, 0.15) is 11.6 Å². The first-order chi connectivity index (χ1) is 19.1. The van der Waals surface area contributed by atoms with Gasteiger partial charge < -0.3 is 4.74 Å². The summed E-state index contributed by atoms with van der Waals surface area (Å²) >= 11 is 0. The normalized spacial score (nSPS) is 17.7. The van der Waals surface area contributed by atoms with Gasteiger partial charge in [0, 0.05) is 5.92 Å². The maximum atomic E-state index is 15.0. The predicted octanol–water partition coefficient (Wildman–Crippen LogP) is 10.0. The molecule has 2 unspecified atom stereocenters. The number of ether oxygens (including phenoxy) is 1. The molecule has 0 saturated carbocycles. The second-order valence-electron chi connectivity index (χ2n) is 10.4. The van der Waals surface area contributed by atoms with Crippen molar-refractivity contribution in [2.45, 2.75) is 57.7 Å². The van der Waals surface area contributed by atoms with E-state index in [1.54, 1.807) is 6.07 Å². The Kier molecular flexibility index (Phi) is 8.09. The Hall–Kier alpha value is -3.50. The van der Waals surface area contributed by atoms with Gasteiger partial charge >= 0.3 is 6.18 Å². The van der Waals surface area contributed by atoms with E-state index in [2.05, 4.69) is 13.0 Å². The molecule has 1 saturated heterocycles. The van der Waals surface area contributed by atoms with Crippen molar-refractivity contribution in [1.82, 2.24) is 0 Å². The van der Waals surface area contributed by atoms with E-state index in [1.807, 2.05) is 24.3 Å². The van der Waals surface area contributed by atoms with Crippen molar-refractivity contribution in [3.8, 4) is 23.0 Å². The fourth-order valence-electron chi connectivity index (χ4n) is 5.45. The number of hydrogen-bond acceptors (Lipinski definition) is 1. The molecule has 4 aromatic rings. The molecule has 0 radical (unpaired) electrons. The second kappa shape index (κ2) is 11.5. The Morgan fingerprint density at radius 3 is 2.30 bits per heavy atom. The highest BCUT2D eigenvalue weighted by Gasteiger charge is 2.25. The molecule has 0 bridgehead atoms. The smallest absolute Gasteiger partial charge is 0.373 e. The third-order valence-corrected chi connectivity index (χ3v) is 7.57. The second-order valence-corrected chi connectivity index (χ2v) is 10.4. The largest absolute Gasteiger partial charge is 0.458 e. The van der Waals surface area contributed by atoms with Crippen LogP contribution in [0, 0.1) is 35.2 Å². The first-order valence-electron chi connectivity index (χ1n) is 13.5.